The third-order valence-electron chi connectivity index (χ3n) is 6.39. The van der Waals surface area contributed by atoms with Crippen LogP contribution in [0.25, 0.3) is 22.3 Å². The smallest absolute Gasteiger partial charge is 0.310 e. The van der Waals surface area contributed by atoms with Crippen molar-refractivity contribution in [1.82, 2.24) is 0 Å². The van der Waals surface area contributed by atoms with Crippen molar-refractivity contribution >= 4 is 17.1 Å². The van der Waals surface area contributed by atoms with Crippen LogP contribution in [0, 0.1) is 13.8 Å². The maximum Gasteiger partial charge on any atom is 0.416 e. The molecule has 0 fully saturated rings. The summed E-state index contributed by atoms with van der Waals surface area (Å²) >= 11 is 0. The van der Waals surface area contributed by atoms with Crippen molar-refractivity contribution < 1.29 is 13.2 Å². The number of nitrogens with zero attached hydrogens (tertiary/aromatic N) is 1. The standard InChI is InChI=1S/C33H26F3N/c1-23-6-3-8-27(20-23)25-12-16-30(17-13-25)37(32-11-5-10-29(22-32)33(34,35)36)31-18-14-26(15-19-31)28-9-4-7-24(2)21-28/h3-22H,1-2H3. The van der Waals surface area contributed by atoms with E-state index in [-0.39, 0.29) is 0 Å². The van der Waals surface area contributed by atoms with E-state index in [9.17, 15) is 13.2 Å². The number of halogens is 3. The van der Waals surface area contributed by atoms with Gasteiger partial charge in [-0.25, -0.2) is 0 Å². The molecule has 0 amide bonds. The highest BCUT2D eigenvalue weighted by Crippen LogP contribution is 2.39. The number of hydrogen-bond donors (Lipinski definition) is 0. The van der Waals surface area contributed by atoms with Crippen LogP contribution < -0.4 is 4.90 Å². The van der Waals surface area contributed by atoms with E-state index >= 15 is 0 Å². The summed E-state index contributed by atoms with van der Waals surface area (Å²) in [6.07, 6.45) is -4.42. The first-order valence-electron chi connectivity index (χ1n) is 12.1. The van der Waals surface area contributed by atoms with Crippen LogP contribution in [0.4, 0.5) is 30.2 Å². The second-order valence-corrected chi connectivity index (χ2v) is 9.22. The molecule has 0 bridgehead atoms. The van der Waals surface area contributed by atoms with Crippen LogP contribution in [0.1, 0.15) is 16.7 Å². The van der Waals surface area contributed by atoms with Crippen molar-refractivity contribution in [2.75, 3.05) is 4.90 Å². The SMILES string of the molecule is Cc1cccc(-c2ccc(N(c3ccc(-c4cccc(C)c4)cc3)c3cccc(C(F)(F)F)c3)cc2)c1. The molecule has 1 nitrogen and oxygen atoms in total. The average molecular weight is 494 g/mol. The minimum atomic E-state index is -4.42. The van der Waals surface area contributed by atoms with E-state index < -0.39 is 11.7 Å². The lowest BCUT2D eigenvalue weighted by Gasteiger charge is -2.26. The molecule has 37 heavy (non-hydrogen) atoms. The van der Waals surface area contributed by atoms with Gasteiger partial charge in [0.1, 0.15) is 0 Å². The summed E-state index contributed by atoms with van der Waals surface area (Å²) in [5.74, 6) is 0. The molecule has 0 spiro atoms. The highest BCUT2D eigenvalue weighted by atomic mass is 19.4. The Bertz CT molecular complexity index is 1430. The van der Waals surface area contributed by atoms with E-state index in [1.807, 2.05) is 91.5 Å². The number of benzene rings is 5. The summed E-state index contributed by atoms with van der Waals surface area (Å²) in [6.45, 7) is 4.10. The van der Waals surface area contributed by atoms with Crippen LogP contribution in [0.2, 0.25) is 0 Å². The van der Waals surface area contributed by atoms with Crippen molar-refractivity contribution in [2.24, 2.45) is 0 Å². The maximum absolute atomic E-state index is 13.6. The van der Waals surface area contributed by atoms with Crippen LogP contribution in [-0.4, -0.2) is 0 Å². The van der Waals surface area contributed by atoms with Crippen molar-refractivity contribution in [3.8, 4) is 22.3 Å². The number of anilines is 3. The van der Waals surface area contributed by atoms with Gasteiger partial charge in [-0.2, -0.15) is 13.2 Å². The predicted octanol–water partition coefficient (Wildman–Crippen LogP) is 10.1. The summed E-state index contributed by atoms with van der Waals surface area (Å²) < 4.78 is 40.7. The molecule has 184 valence electrons. The zero-order valence-corrected chi connectivity index (χ0v) is 20.6. The minimum absolute atomic E-state index is 0.446. The predicted molar refractivity (Wildman–Crippen MR) is 146 cm³/mol. The van der Waals surface area contributed by atoms with Crippen molar-refractivity contribution in [1.29, 1.82) is 0 Å². The second kappa shape index (κ2) is 9.98. The largest absolute Gasteiger partial charge is 0.416 e. The Balaban J connectivity index is 1.57. The van der Waals surface area contributed by atoms with Gasteiger partial charge in [0, 0.05) is 17.1 Å². The van der Waals surface area contributed by atoms with Gasteiger partial charge in [0.05, 0.1) is 5.56 Å². The van der Waals surface area contributed by atoms with Crippen LogP contribution in [-0.2, 0) is 6.18 Å². The molecule has 0 aliphatic rings. The second-order valence-electron chi connectivity index (χ2n) is 9.22. The Kier molecular flexibility index (Phi) is 6.58. The molecule has 0 unspecified atom stereocenters. The highest BCUT2D eigenvalue weighted by molar-refractivity contribution is 5.80. The molecule has 0 saturated carbocycles. The molecular weight excluding hydrogens is 467 g/mol. The fourth-order valence-corrected chi connectivity index (χ4v) is 4.52. The Morgan fingerprint density at radius 2 is 0.919 bits per heavy atom. The minimum Gasteiger partial charge on any atom is -0.310 e. The van der Waals surface area contributed by atoms with Crippen molar-refractivity contribution in [2.45, 2.75) is 20.0 Å². The number of aryl methyl sites for hydroxylation is 2. The Morgan fingerprint density at radius 1 is 0.459 bits per heavy atom. The zero-order valence-electron chi connectivity index (χ0n) is 20.6. The Hall–Kier alpha value is -4.31. The lowest BCUT2D eigenvalue weighted by atomic mass is 10.0. The van der Waals surface area contributed by atoms with Crippen LogP contribution in [0.15, 0.2) is 121 Å². The zero-order chi connectivity index (χ0) is 26.0. The molecule has 0 aliphatic heterocycles. The maximum atomic E-state index is 13.6. The Labute approximate surface area is 215 Å². The van der Waals surface area contributed by atoms with Gasteiger partial charge in [-0.05, 0) is 78.6 Å². The van der Waals surface area contributed by atoms with E-state index in [2.05, 4.69) is 24.3 Å². The van der Waals surface area contributed by atoms with Crippen LogP contribution in [0.3, 0.4) is 0 Å². The van der Waals surface area contributed by atoms with Gasteiger partial charge in [0.2, 0.25) is 0 Å². The quantitative estimate of drug-likeness (QED) is 0.235. The normalized spacial score (nSPS) is 11.4. The van der Waals surface area contributed by atoms with E-state index in [0.717, 1.165) is 39.7 Å². The van der Waals surface area contributed by atoms with Gasteiger partial charge >= 0.3 is 6.18 Å². The van der Waals surface area contributed by atoms with E-state index in [0.29, 0.717) is 5.69 Å². The summed E-state index contributed by atoms with van der Waals surface area (Å²) in [6, 6.07) is 37.7. The Morgan fingerprint density at radius 3 is 1.35 bits per heavy atom. The molecule has 5 rings (SSSR count). The summed E-state index contributed by atoms with van der Waals surface area (Å²) in [5, 5.41) is 0. The molecule has 5 aromatic carbocycles. The van der Waals surface area contributed by atoms with Gasteiger partial charge in [-0.15, -0.1) is 0 Å². The molecule has 0 heterocycles. The number of hydrogen-bond acceptors (Lipinski definition) is 1. The van der Waals surface area contributed by atoms with E-state index in [4.69, 9.17) is 0 Å². The lowest BCUT2D eigenvalue weighted by Crippen LogP contribution is -2.12. The third kappa shape index (κ3) is 5.44. The summed E-state index contributed by atoms with van der Waals surface area (Å²) in [5.41, 5.74) is 7.95. The summed E-state index contributed by atoms with van der Waals surface area (Å²) in [7, 11) is 0. The van der Waals surface area contributed by atoms with Gasteiger partial charge < -0.3 is 4.90 Å². The number of rotatable bonds is 5. The van der Waals surface area contributed by atoms with Gasteiger partial charge in [0.15, 0.2) is 0 Å². The van der Waals surface area contributed by atoms with Crippen molar-refractivity contribution in [3.63, 3.8) is 0 Å². The molecule has 0 aliphatic carbocycles. The average Bonchev–Trinajstić information content (AvgIpc) is 2.89. The highest BCUT2D eigenvalue weighted by Gasteiger charge is 2.31. The topological polar surface area (TPSA) is 3.24 Å². The third-order valence-corrected chi connectivity index (χ3v) is 6.39. The monoisotopic (exact) mass is 493 g/mol. The molecular formula is C33H26F3N. The molecule has 0 atom stereocenters. The molecule has 4 heteroatoms. The van der Waals surface area contributed by atoms with Crippen LogP contribution >= 0.6 is 0 Å². The lowest BCUT2D eigenvalue weighted by molar-refractivity contribution is -0.137. The molecule has 0 radical (unpaired) electrons. The fourth-order valence-electron chi connectivity index (χ4n) is 4.52. The molecule has 0 aromatic heterocycles. The van der Waals surface area contributed by atoms with E-state index in [1.54, 1.807) is 6.07 Å². The molecule has 5 aromatic rings. The molecule has 0 N–H and O–H groups in total. The van der Waals surface area contributed by atoms with Crippen molar-refractivity contribution in [3.05, 3.63) is 138 Å². The van der Waals surface area contributed by atoms with Gasteiger partial charge in [-0.3, -0.25) is 0 Å². The van der Waals surface area contributed by atoms with Gasteiger partial charge in [0.25, 0.3) is 0 Å². The molecule has 0 saturated heterocycles. The first kappa shape index (κ1) is 24.4. The first-order valence-corrected chi connectivity index (χ1v) is 12.1. The van der Waals surface area contributed by atoms with Gasteiger partial charge in [-0.1, -0.05) is 90.0 Å². The first-order chi connectivity index (χ1) is 17.8. The van der Waals surface area contributed by atoms with Crippen LogP contribution in [0.5, 0.6) is 0 Å². The number of alkyl halides is 3. The fraction of sp³-hybridized carbons (Fsp3) is 0.0909. The van der Waals surface area contributed by atoms with E-state index in [1.165, 1.54) is 23.3 Å². The summed E-state index contributed by atoms with van der Waals surface area (Å²) in [4.78, 5) is 1.86.